The van der Waals surface area contributed by atoms with Crippen LogP contribution >= 0.6 is 27.3 Å². The first-order valence-electron chi connectivity index (χ1n) is 11.4. The lowest BCUT2D eigenvalue weighted by Crippen LogP contribution is -2.41. The fraction of sp³-hybridized carbons (Fsp3) is 0.280. The Morgan fingerprint density at radius 1 is 1.08 bits per heavy atom. The fourth-order valence-electron chi connectivity index (χ4n) is 4.10. The van der Waals surface area contributed by atoms with Gasteiger partial charge in [0.1, 0.15) is 5.75 Å². The molecule has 0 saturated carbocycles. The van der Waals surface area contributed by atoms with E-state index in [1.54, 1.807) is 54.6 Å². The van der Waals surface area contributed by atoms with Gasteiger partial charge in [-0.05, 0) is 71.7 Å². The van der Waals surface area contributed by atoms with Crippen LogP contribution in [-0.4, -0.2) is 55.7 Å². The smallest absolute Gasteiger partial charge is 0.349 e. The quantitative estimate of drug-likeness (QED) is 0.303. The summed E-state index contributed by atoms with van der Waals surface area (Å²) in [7, 11) is -3.82. The van der Waals surface area contributed by atoms with Crippen molar-refractivity contribution < 1.29 is 37.7 Å². The number of aliphatic carboxylic acids is 1. The maximum Gasteiger partial charge on any atom is 0.349 e. The minimum atomic E-state index is -3.82. The summed E-state index contributed by atoms with van der Waals surface area (Å²) in [6.45, 7) is 0.676. The molecular formula is C25H24BrNO8S2. The second-order valence-electron chi connectivity index (χ2n) is 8.35. The molecule has 9 nitrogen and oxygen atoms in total. The number of carboxylic acid groups (broad SMARTS) is 2. The van der Waals surface area contributed by atoms with Crippen molar-refractivity contribution in [3.8, 4) is 21.9 Å². The number of benzene rings is 2. The Balaban J connectivity index is 1.70. The minimum Gasteiger partial charge on any atom is -0.479 e. The van der Waals surface area contributed by atoms with Crippen molar-refractivity contribution in [3.05, 3.63) is 63.9 Å². The summed E-state index contributed by atoms with van der Waals surface area (Å²) >= 11 is 4.25. The number of thiophene rings is 1. The Bertz CT molecular complexity index is 1380. The molecule has 12 heteroatoms. The van der Waals surface area contributed by atoms with Crippen LogP contribution < -0.4 is 14.8 Å². The molecule has 0 amide bonds. The van der Waals surface area contributed by atoms with Gasteiger partial charge in [-0.25, -0.2) is 18.0 Å². The van der Waals surface area contributed by atoms with Crippen molar-refractivity contribution in [2.75, 3.05) is 19.7 Å². The van der Waals surface area contributed by atoms with Gasteiger partial charge in [0.25, 0.3) is 0 Å². The van der Waals surface area contributed by atoms with Gasteiger partial charge in [0.15, 0.2) is 17.2 Å². The third-order valence-electron chi connectivity index (χ3n) is 5.84. The summed E-state index contributed by atoms with van der Waals surface area (Å²) in [5.74, 6) is -2.50. The molecular weight excluding hydrogens is 586 g/mol. The van der Waals surface area contributed by atoms with Crippen LogP contribution in [0.25, 0.3) is 10.4 Å². The van der Waals surface area contributed by atoms with E-state index in [1.807, 2.05) is 0 Å². The van der Waals surface area contributed by atoms with Gasteiger partial charge in [0.05, 0.1) is 14.2 Å². The monoisotopic (exact) mass is 609 g/mol. The van der Waals surface area contributed by atoms with Crippen LogP contribution in [0.5, 0.6) is 11.5 Å². The Kier molecular flexibility index (Phi) is 8.53. The Morgan fingerprint density at radius 3 is 2.43 bits per heavy atom. The Morgan fingerprint density at radius 2 is 1.78 bits per heavy atom. The van der Waals surface area contributed by atoms with Crippen molar-refractivity contribution in [2.24, 2.45) is 5.92 Å². The molecule has 3 N–H and O–H groups in total. The zero-order valence-corrected chi connectivity index (χ0v) is 22.6. The number of ether oxygens (including phenoxy) is 2. The number of sulfone groups is 1. The molecule has 2 heterocycles. The number of carbonyl (C=O) groups is 2. The summed E-state index contributed by atoms with van der Waals surface area (Å²) in [6, 6.07) is 14.9. The van der Waals surface area contributed by atoms with Crippen LogP contribution in [0.1, 0.15) is 22.5 Å². The zero-order valence-electron chi connectivity index (χ0n) is 19.4. The van der Waals surface area contributed by atoms with Gasteiger partial charge >= 0.3 is 11.9 Å². The fourth-order valence-corrected chi connectivity index (χ4v) is 7.81. The van der Waals surface area contributed by atoms with E-state index in [-0.39, 0.29) is 21.4 Å². The van der Waals surface area contributed by atoms with E-state index in [9.17, 15) is 23.1 Å². The van der Waals surface area contributed by atoms with Gasteiger partial charge in [-0.15, -0.1) is 11.3 Å². The predicted octanol–water partition coefficient (Wildman–Crippen LogP) is 4.52. The number of halogens is 1. The normalized spacial score (nSPS) is 15.2. The van der Waals surface area contributed by atoms with Crippen LogP contribution in [0.3, 0.4) is 0 Å². The average Bonchev–Trinajstić information content (AvgIpc) is 3.23. The van der Waals surface area contributed by atoms with E-state index >= 15 is 0 Å². The molecule has 196 valence electrons. The molecule has 0 spiro atoms. The number of rotatable bonds is 10. The van der Waals surface area contributed by atoms with Gasteiger partial charge in [-0.2, -0.15) is 0 Å². The molecule has 1 aliphatic rings. The van der Waals surface area contributed by atoms with Crippen LogP contribution in [0.2, 0.25) is 0 Å². The highest BCUT2D eigenvalue weighted by Crippen LogP contribution is 2.46. The highest BCUT2D eigenvalue weighted by Gasteiger charge is 2.37. The third kappa shape index (κ3) is 6.15. The summed E-state index contributed by atoms with van der Waals surface area (Å²) in [5.41, 5.74) is -0.550. The molecule has 0 radical (unpaired) electrons. The van der Waals surface area contributed by atoms with Crippen molar-refractivity contribution in [3.63, 3.8) is 0 Å². The second-order valence-corrected chi connectivity index (χ2v) is 12.2. The molecule has 37 heavy (non-hydrogen) atoms. The number of hydrogen-bond donors (Lipinski definition) is 3. The number of piperidine rings is 1. The highest BCUT2D eigenvalue weighted by atomic mass is 79.9. The topological polar surface area (TPSA) is 139 Å². The minimum absolute atomic E-state index is 0.0829. The first kappa shape index (κ1) is 27.1. The van der Waals surface area contributed by atoms with Crippen LogP contribution in [-0.2, 0) is 14.6 Å². The molecule has 1 fully saturated rings. The maximum atomic E-state index is 13.6. The SMILES string of the molecule is O=C(O)COc1c(C(=O)O)sc(-c2cccc(OC(C3CCNCC3)S(=O)(=O)c3ccccc3)c2)c1Br. The lowest BCUT2D eigenvalue weighted by molar-refractivity contribution is -0.139. The molecule has 1 unspecified atom stereocenters. The molecule has 2 aromatic carbocycles. The first-order chi connectivity index (χ1) is 17.7. The van der Waals surface area contributed by atoms with Crippen LogP contribution in [0.15, 0.2) is 64.0 Å². The maximum absolute atomic E-state index is 13.6. The number of aromatic carboxylic acids is 1. The lowest BCUT2D eigenvalue weighted by Gasteiger charge is -2.31. The third-order valence-corrected chi connectivity index (χ3v) is 10.1. The molecule has 3 aromatic rings. The van der Waals surface area contributed by atoms with Crippen molar-refractivity contribution in [1.29, 1.82) is 0 Å². The van der Waals surface area contributed by atoms with Crippen molar-refractivity contribution >= 4 is 49.0 Å². The van der Waals surface area contributed by atoms with Gasteiger partial charge in [-0.1, -0.05) is 30.3 Å². The van der Waals surface area contributed by atoms with E-state index in [2.05, 4.69) is 21.2 Å². The first-order valence-corrected chi connectivity index (χ1v) is 14.5. The molecule has 1 atom stereocenters. The predicted molar refractivity (Wildman–Crippen MR) is 141 cm³/mol. The van der Waals surface area contributed by atoms with E-state index in [1.165, 1.54) is 0 Å². The highest BCUT2D eigenvalue weighted by molar-refractivity contribution is 9.10. The molecule has 1 aromatic heterocycles. The molecule has 0 bridgehead atoms. The van der Waals surface area contributed by atoms with E-state index in [0.29, 0.717) is 46.6 Å². The van der Waals surface area contributed by atoms with Gasteiger partial charge in [-0.3, -0.25) is 0 Å². The summed E-state index contributed by atoms with van der Waals surface area (Å²) in [5, 5.41) is 21.8. The van der Waals surface area contributed by atoms with E-state index in [4.69, 9.17) is 14.6 Å². The summed E-state index contributed by atoms with van der Waals surface area (Å²) < 4.78 is 38.9. The lowest BCUT2D eigenvalue weighted by atomic mass is 9.99. The summed E-state index contributed by atoms with van der Waals surface area (Å²) in [6.07, 6.45) is 1.28. The standard InChI is InChI=1S/C25H24BrNO8S2/c26-20-21(34-14-19(28)29)23(24(30)31)36-22(20)16-5-4-6-17(13-16)35-25(15-9-11-27-12-10-15)37(32,33)18-7-2-1-3-8-18/h1-8,13,15,25,27H,9-12,14H2,(H,28,29)(H,30,31). The van der Waals surface area contributed by atoms with Crippen LogP contribution in [0.4, 0.5) is 0 Å². The van der Waals surface area contributed by atoms with Crippen molar-refractivity contribution in [2.45, 2.75) is 23.2 Å². The largest absolute Gasteiger partial charge is 0.479 e. The Hall–Kier alpha value is -2.93. The van der Waals surface area contributed by atoms with E-state index < -0.39 is 33.8 Å². The zero-order chi connectivity index (χ0) is 26.6. The average molecular weight is 611 g/mol. The van der Waals surface area contributed by atoms with Crippen molar-refractivity contribution in [1.82, 2.24) is 5.32 Å². The van der Waals surface area contributed by atoms with Crippen LogP contribution in [0, 0.1) is 5.92 Å². The Labute approximate surface area is 226 Å². The number of nitrogens with one attached hydrogen (secondary N) is 1. The van der Waals surface area contributed by atoms with Gasteiger partial charge < -0.3 is 25.0 Å². The van der Waals surface area contributed by atoms with Gasteiger partial charge in [0.2, 0.25) is 15.3 Å². The molecule has 1 aliphatic heterocycles. The molecule has 1 saturated heterocycles. The van der Waals surface area contributed by atoms with Gasteiger partial charge in [0, 0.05) is 5.92 Å². The second kappa shape index (κ2) is 11.6. The van der Waals surface area contributed by atoms with E-state index in [0.717, 1.165) is 11.3 Å². The number of carboxylic acids is 2. The molecule has 0 aliphatic carbocycles. The number of hydrogen-bond acceptors (Lipinski definition) is 8. The summed E-state index contributed by atoms with van der Waals surface area (Å²) in [4.78, 5) is 23.2. The molecule has 4 rings (SSSR count).